The highest BCUT2D eigenvalue weighted by Gasteiger charge is 2.16. The second-order valence-corrected chi connectivity index (χ2v) is 5.75. The molecule has 0 aliphatic heterocycles. The second-order valence-electron chi connectivity index (χ2n) is 5.75. The Bertz CT molecular complexity index is 654. The van der Waals surface area contributed by atoms with Crippen LogP contribution in [0.25, 0.3) is 10.9 Å². The number of aromatic nitrogens is 1. The highest BCUT2D eigenvalue weighted by Crippen LogP contribution is 2.20. The third-order valence-electron chi connectivity index (χ3n) is 4.23. The Morgan fingerprint density at radius 1 is 1.24 bits per heavy atom. The van der Waals surface area contributed by atoms with Crippen molar-refractivity contribution in [1.82, 2.24) is 9.88 Å². The summed E-state index contributed by atoms with van der Waals surface area (Å²) in [6.45, 7) is 0.269. The number of nitrogens with zero attached hydrogens (tertiary/aromatic N) is 1. The predicted octanol–water partition coefficient (Wildman–Crippen LogP) is 2.90. The van der Waals surface area contributed by atoms with Gasteiger partial charge in [-0.1, -0.05) is 31.4 Å². The smallest absolute Gasteiger partial charge is 0.240 e. The Morgan fingerprint density at radius 2 is 2.05 bits per heavy atom. The Morgan fingerprint density at radius 3 is 2.81 bits per heavy atom. The molecule has 0 bridgehead atoms. The van der Waals surface area contributed by atoms with Crippen LogP contribution in [-0.2, 0) is 11.3 Å². The SMILES string of the molecule is O=Cc1cccc2ccn(CC(=O)NC3CCCCC3)c12. The predicted molar refractivity (Wildman–Crippen MR) is 82.3 cm³/mol. The van der Waals surface area contributed by atoms with E-state index in [1.807, 2.05) is 29.0 Å². The molecule has 1 aliphatic rings. The monoisotopic (exact) mass is 284 g/mol. The number of hydrogen-bond acceptors (Lipinski definition) is 2. The van der Waals surface area contributed by atoms with Crippen LogP contribution in [0.3, 0.4) is 0 Å². The minimum Gasteiger partial charge on any atom is -0.352 e. The van der Waals surface area contributed by atoms with E-state index < -0.39 is 0 Å². The topological polar surface area (TPSA) is 51.1 Å². The molecule has 2 aromatic rings. The van der Waals surface area contributed by atoms with E-state index in [-0.39, 0.29) is 12.5 Å². The van der Waals surface area contributed by atoms with E-state index in [1.54, 1.807) is 6.07 Å². The molecule has 1 heterocycles. The number of fused-ring (bicyclic) bond motifs is 1. The van der Waals surface area contributed by atoms with E-state index in [0.29, 0.717) is 11.6 Å². The first-order valence-electron chi connectivity index (χ1n) is 7.60. The molecule has 110 valence electrons. The van der Waals surface area contributed by atoms with Gasteiger partial charge in [0, 0.05) is 23.2 Å². The minimum atomic E-state index is 0.0279. The molecule has 1 fully saturated rings. The summed E-state index contributed by atoms with van der Waals surface area (Å²) in [4.78, 5) is 23.4. The molecule has 4 heteroatoms. The molecule has 0 saturated heterocycles. The van der Waals surface area contributed by atoms with Crippen molar-refractivity contribution in [3.63, 3.8) is 0 Å². The number of rotatable bonds is 4. The standard InChI is InChI=1S/C17H20N2O2/c20-12-14-6-4-5-13-9-10-19(17(13)14)11-16(21)18-15-7-2-1-3-8-15/h4-6,9-10,12,15H,1-3,7-8,11H2,(H,18,21). The van der Waals surface area contributed by atoms with E-state index >= 15 is 0 Å². The summed E-state index contributed by atoms with van der Waals surface area (Å²) >= 11 is 0. The summed E-state index contributed by atoms with van der Waals surface area (Å²) in [6.07, 6.45) is 8.56. The Hall–Kier alpha value is -2.10. The summed E-state index contributed by atoms with van der Waals surface area (Å²) in [5.74, 6) is 0.0279. The lowest BCUT2D eigenvalue weighted by atomic mass is 9.95. The van der Waals surface area contributed by atoms with Gasteiger partial charge in [0.05, 0.1) is 5.52 Å². The minimum absolute atomic E-state index is 0.0279. The largest absolute Gasteiger partial charge is 0.352 e. The molecule has 1 N–H and O–H groups in total. The van der Waals surface area contributed by atoms with Gasteiger partial charge in [0.15, 0.2) is 6.29 Å². The zero-order valence-electron chi connectivity index (χ0n) is 12.0. The van der Waals surface area contributed by atoms with Gasteiger partial charge in [-0.05, 0) is 25.0 Å². The molecule has 0 radical (unpaired) electrons. The van der Waals surface area contributed by atoms with Crippen molar-refractivity contribution in [3.8, 4) is 0 Å². The first-order valence-corrected chi connectivity index (χ1v) is 7.60. The van der Waals surface area contributed by atoms with Crippen molar-refractivity contribution in [2.24, 2.45) is 0 Å². The number of hydrogen-bond donors (Lipinski definition) is 1. The maximum absolute atomic E-state index is 12.2. The van der Waals surface area contributed by atoms with Gasteiger partial charge in [-0.2, -0.15) is 0 Å². The number of benzene rings is 1. The van der Waals surface area contributed by atoms with Crippen molar-refractivity contribution >= 4 is 23.1 Å². The van der Waals surface area contributed by atoms with Crippen LogP contribution >= 0.6 is 0 Å². The number of aldehydes is 1. The fourth-order valence-electron chi connectivity index (χ4n) is 3.19. The molecule has 1 amide bonds. The summed E-state index contributed by atoms with van der Waals surface area (Å²) < 4.78 is 1.86. The lowest BCUT2D eigenvalue weighted by Gasteiger charge is -2.23. The van der Waals surface area contributed by atoms with Gasteiger partial charge >= 0.3 is 0 Å². The number of nitrogens with one attached hydrogen (secondary N) is 1. The van der Waals surface area contributed by atoms with Gasteiger partial charge in [-0.3, -0.25) is 9.59 Å². The van der Waals surface area contributed by atoms with E-state index in [9.17, 15) is 9.59 Å². The Labute approximate surface area is 124 Å². The van der Waals surface area contributed by atoms with E-state index in [4.69, 9.17) is 0 Å². The third kappa shape index (κ3) is 2.99. The zero-order valence-corrected chi connectivity index (χ0v) is 12.0. The zero-order chi connectivity index (χ0) is 14.7. The average molecular weight is 284 g/mol. The highest BCUT2D eigenvalue weighted by atomic mass is 16.2. The molecule has 4 nitrogen and oxygen atoms in total. The molecule has 1 aromatic heterocycles. The van der Waals surface area contributed by atoms with E-state index in [1.165, 1.54) is 19.3 Å². The number of carbonyl (C=O) groups excluding carboxylic acids is 2. The van der Waals surface area contributed by atoms with Gasteiger partial charge in [0.2, 0.25) is 5.91 Å². The maximum Gasteiger partial charge on any atom is 0.240 e. The van der Waals surface area contributed by atoms with E-state index in [2.05, 4.69) is 5.32 Å². The summed E-state index contributed by atoms with van der Waals surface area (Å²) in [7, 11) is 0. The normalized spacial score (nSPS) is 16.0. The quantitative estimate of drug-likeness (QED) is 0.878. The van der Waals surface area contributed by atoms with Gasteiger partial charge in [-0.25, -0.2) is 0 Å². The molecule has 21 heavy (non-hydrogen) atoms. The number of amides is 1. The molecule has 0 unspecified atom stereocenters. The maximum atomic E-state index is 12.2. The van der Waals surface area contributed by atoms with Crippen molar-refractivity contribution in [1.29, 1.82) is 0 Å². The van der Waals surface area contributed by atoms with Crippen LogP contribution in [0.2, 0.25) is 0 Å². The van der Waals surface area contributed by atoms with Crippen LogP contribution in [0.1, 0.15) is 42.5 Å². The van der Waals surface area contributed by atoms with E-state index in [0.717, 1.165) is 30.0 Å². The first kappa shape index (κ1) is 13.9. The molecule has 1 aromatic carbocycles. The first-order chi connectivity index (χ1) is 10.3. The van der Waals surface area contributed by atoms with Crippen molar-refractivity contribution in [2.45, 2.75) is 44.7 Å². The van der Waals surface area contributed by atoms with Crippen LogP contribution < -0.4 is 5.32 Å². The third-order valence-corrected chi connectivity index (χ3v) is 4.23. The fraction of sp³-hybridized carbons (Fsp3) is 0.412. The van der Waals surface area contributed by atoms with Gasteiger partial charge in [0.25, 0.3) is 0 Å². The molecule has 1 aliphatic carbocycles. The van der Waals surface area contributed by atoms with Crippen molar-refractivity contribution in [2.75, 3.05) is 0 Å². The Kier molecular flexibility index (Phi) is 4.04. The highest BCUT2D eigenvalue weighted by molar-refractivity contribution is 5.97. The van der Waals surface area contributed by atoms with Crippen LogP contribution in [-0.4, -0.2) is 22.8 Å². The van der Waals surface area contributed by atoms with Crippen LogP contribution in [0, 0.1) is 0 Å². The average Bonchev–Trinajstić information content (AvgIpc) is 2.91. The summed E-state index contributed by atoms with van der Waals surface area (Å²) in [5.41, 5.74) is 1.47. The molecule has 1 saturated carbocycles. The van der Waals surface area contributed by atoms with Crippen LogP contribution in [0.15, 0.2) is 30.5 Å². The second kappa shape index (κ2) is 6.12. The number of para-hydroxylation sites is 1. The Balaban J connectivity index is 1.75. The van der Waals surface area contributed by atoms with Gasteiger partial charge in [0.1, 0.15) is 6.54 Å². The lowest BCUT2D eigenvalue weighted by molar-refractivity contribution is -0.122. The van der Waals surface area contributed by atoms with Gasteiger partial charge in [-0.15, -0.1) is 0 Å². The van der Waals surface area contributed by atoms with Crippen molar-refractivity contribution in [3.05, 3.63) is 36.0 Å². The molecule has 0 atom stereocenters. The van der Waals surface area contributed by atoms with Crippen LogP contribution in [0.4, 0.5) is 0 Å². The van der Waals surface area contributed by atoms with Crippen molar-refractivity contribution < 1.29 is 9.59 Å². The molecule has 0 spiro atoms. The fourth-order valence-corrected chi connectivity index (χ4v) is 3.19. The molecule has 3 rings (SSSR count). The molecular weight excluding hydrogens is 264 g/mol. The summed E-state index contributed by atoms with van der Waals surface area (Å²) in [5, 5.41) is 4.10. The number of carbonyl (C=O) groups is 2. The van der Waals surface area contributed by atoms with Gasteiger partial charge < -0.3 is 9.88 Å². The summed E-state index contributed by atoms with van der Waals surface area (Å²) in [6, 6.07) is 7.86. The molecular formula is C17H20N2O2. The lowest BCUT2D eigenvalue weighted by Crippen LogP contribution is -2.38. The van der Waals surface area contributed by atoms with Crippen LogP contribution in [0.5, 0.6) is 0 Å².